The molecule has 0 radical (unpaired) electrons. The summed E-state index contributed by atoms with van der Waals surface area (Å²) in [7, 11) is 1.65. The van der Waals surface area contributed by atoms with Crippen LogP contribution in [0.3, 0.4) is 0 Å². The van der Waals surface area contributed by atoms with Crippen LogP contribution in [0.2, 0.25) is 5.02 Å². The van der Waals surface area contributed by atoms with E-state index in [-0.39, 0.29) is 22.8 Å². The minimum Gasteiger partial charge on any atom is -0.508 e. The Balaban J connectivity index is 2.19. The van der Waals surface area contributed by atoms with Gasteiger partial charge in [0.2, 0.25) is 0 Å². The van der Waals surface area contributed by atoms with E-state index in [0.717, 1.165) is 5.56 Å². The highest BCUT2D eigenvalue weighted by molar-refractivity contribution is 6.30. The van der Waals surface area contributed by atoms with Gasteiger partial charge >= 0.3 is 0 Å². The molecule has 2 aromatic carbocycles. The van der Waals surface area contributed by atoms with Crippen LogP contribution in [0.25, 0.3) is 0 Å². The quantitative estimate of drug-likeness (QED) is 0.883. The fraction of sp³-hybridized carbons (Fsp3) is 0.125. The van der Waals surface area contributed by atoms with Gasteiger partial charge in [-0.3, -0.25) is 9.59 Å². The highest BCUT2D eigenvalue weighted by atomic mass is 35.5. The first-order chi connectivity index (χ1) is 10.0. The lowest BCUT2D eigenvalue weighted by Crippen LogP contribution is -2.27. The Hall–Kier alpha value is -2.33. The molecule has 0 saturated carbocycles. The van der Waals surface area contributed by atoms with Crippen LogP contribution in [0.5, 0.6) is 5.75 Å². The van der Waals surface area contributed by atoms with Crippen molar-refractivity contribution in [1.82, 2.24) is 4.90 Å². The van der Waals surface area contributed by atoms with Crippen LogP contribution in [-0.4, -0.2) is 29.2 Å². The number of carbonyl (C=O) groups excluding carboxylic acids is 2. The minimum absolute atomic E-state index is 0.0472. The SMILES string of the molecule is CN(Cc1ccc(Cl)cc1)C(=O)c1ccc(O)cc1C=O. The molecule has 5 heteroatoms. The zero-order chi connectivity index (χ0) is 15.4. The van der Waals surface area contributed by atoms with E-state index >= 15 is 0 Å². The summed E-state index contributed by atoms with van der Waals surface area (Å²) in [6.07, 6.45) is 0.559. The van der Waals surface area contributed by atoms with Gasteiger partial charge in [-0.05, 0) is 35.9 Å². The maximum Gasteiger partial charge on any atom is 0.254 e. The second-order valence-electron chi connectivity index (χ2n) is 4.68. The van der Waals surface area contributed by atoms with E-state index in [1.54, 1.807) is 19.2 Å². The first-order valence-corrected chi connectivity index (χ1v) is 6.67. The average Bonchev–Trinajstić information content (AvgIpc) is 2.48. The van der Waals surface area contributed by atoms with Crippen LogP contribution in [0.1, 0.15) is 26.3 Å². The van der Waals surface area contributed by atoms with Gasteiger partial charge in [-0.15, -0.1) is 0 Å². The van der Waals surface area contributed by atoms with Gasteiger partial charge in [0.1, 0.15) is 5.75 Å². The van der Waals surface area contributed by atoms with Crippen LogP contribution < -0.4 is 0 Å². The maximum absolute atomic E-state index is 12.4. The molecule has 0 heterocycles. The summed E-state index contributed by atoms with van der Waals surface area (Å²) in [5.74, 6) is -0.332. The zero-order valence-corrected chi connectivity index (χ0v) is 12.2. The van der Waals surface area contributed by atoms with Crippen molar-refractivity contribution in [3.05, 3.63) is 64.2 Å². The molecule has 1 N–H and O–H groups in total. The second-order valence-corrected chi connectivity index (χ2v) is 5.11. The fourth-order valence-corrected chi connectivity index (χ4v) is 2.11. The Bertz CT molecular complexity index is 668. The highest BCUT2D eigenvalue weighted by Crippen LogP contribution is 2.18. The Morgan fingerprint density at radius 3 is 2.52 bits per heavy atom. The molecule has 0 aliphatic rings. The van der Waals surface area contributed by atoms with Crippen LogP contribution in [-0.2, 0) is 6.54 Å². The summed E-state index contributed by atoms with van der Waals surface area (Å²) < 4.78 is 0. The number of aromatic hydroxyl groups is 1. The average molecular weight is 304 g/mol. The molecular formula is C16H14ClNO3. The summed E-state index contributed by atoms with van der Waals surface area (Å²) in [4.78, 5) is 24.9. The van der Waals surface area contributed by atoms with Crippen molar-refractivity contribution in [2.45, 2.75) is 6.54 Å². The molecule has 108 valence electrons. The third-order valence-corrected chi connectivity index (χ3v) is 3.32. The van der Waals surface area contributed by atoms with Gasteiger partial charge < -0.3 is 10.0 Å². The van der Waals surface area contributed by atoms with Crippen molar-refractivity contribution in [2.75, 3.05) is 7.05 Å². The normalized spacial score (nSPS) is 10.2. The first kappa shape index (κ1) is 15.1. The van der Waals surface area contributed by atoms with Crippen molar-refractivity contribution in [3.8, 4) is 5.75 Å². The summed E-state index contributed by atoms with van der Waals surface area (Å²) in [5, 5.41) is 9.99. The summed E-state index contributed by atoms with van der Waals surface area (Å²) in [6.45, 7) is 0.398. The topological polar surface area (TPSA) is 57.6 Å². The maximum atomic E-state index is 12.4. The molecule has 0 aliphatic heterocycles. The van der Waals surface area contributed by atoms with Crippen molar-refractivity contribution in [1.29, 1.82) is 0 Å². The van der Waals surface area contributed by atoms with Crippen molar-refractivity contribution in [3.63, 3.8) is 0 Å². The molecular weight excluding hydrogens is 290 g/mol. The lowest BCUT2D eigenvalue weighted by molar-refractivity contribution is 0.0782. The van der Waals surface area contributed by atoms with Gasteiger partial charge in [-0.1, -0.05) is 23.7 Å². The minimum atomic E-state index is -0.285. The van der Waals surface area contributed by atoms with Crippen molar-refractivity contribution in [2.24, 2.45) is 0 Å². The molecule has 0 atom stereocenters. The van der Waals surface area contributed by atoms with Gasteiger partial charge in [0.25, 0.3) is 5.91 Å². The molecule has 0 aromatic heterocycles. The van der Waals surface area contributed by atoms with Crippen LogP contribution in [0.15, 0.2) is 42.5 Å². The number of carbonyl (C=O) groups is 2. The Labute approximate surface area is 127 Å². The molecule has 0 aliphatic carbocycles. The number of halogens is 1. The van der Waals surface area contributed by atoms with E-state index in [2.05, 4.69) is 0 Å². The smallest absolute Gasteiger partial charge is 0.254 e. The molecule has 0 fully saturated rings. The van der Waals surface area contributed by atoms with Gasteiger partial charge in [0.15, 0.2) is 6.29 Å². The molecule has 1 amide bonds. The summed E-state index contributed by atoms with van der Waals surface area (Å²) >= 11 is 5.82. The number of aldehydes is 1. The fourth-order valence-electron chi connectivity index (χ4n) is 1.98. The number of hydrogen-bond acceptors (Lipinski definition) is 3. The lowest BCUT2D eigenvalue weighted by atomic mass is 10.1. The van der Waals surface area contributed by atoms with Crippen molar-refractivity contribution >= 4 is 23.8 Å². The predicted octanol–water partition coefficient (Wildman–Crippen LogP) is 3.13. The van der Waals surface area contributed by atoms with E-state index < -0.39 is 0 Å². The second kappa shape index (κ2) is 6.41. The number of hydrogen-bond donors (Lipinski definition) is 1. The number of phenolic OH excluding ortho intramolecular Hbond substituents is 1. The summed E-state index contributed by atoms with van der Waals surface area (Å²) in [5.41, 5.74) is 1.36. The highest BCUT2D eigenvalue weighted by Gasteiger charge is 2.16. The molecule has 2 rings (SSSR count). The third-order valence-electron chi connectivity index (χ3n) is 3.07. The Kier molecular flexibility index (Phi) is 4.60. The van der Waals surface area contributed by atoms with Gasteiger partial charge in [0, 0.05) is 24.2 Å². The van der Waals surface area contributed by atoms with E-state index in [0.29, 0.717) is 17.9 Å². The third kappa shape index (κ3) is 3.61. The number of phenols is 1. The van der Waals surface area contributed by atoms with Crippen LogP contribution in [0.4, 0.5) is 0 Å². The van der Waals surface area contributed by atoms with Gasteiger partial charge in [0.05, 0.1) is 5.56 Å². The van der Waals surface area contributed by atoms with Crippen LogP contribution >= 0.6 is 11.6 Å². The number of nitrogens with zero attached hydrogens (tertiary/aromatic N) is 1. The number of rotatable bonds is 4. The number of benzene rings is 2. The Morgan fingerprint density at radius 1 is 1.24 bits per heavy atom. The molecule has 4 nitrogen and oxygen atoms in total. The molecule has 0 saturated heterocycles. The lowest BCUT2D eigenvalue weighted by Gasteiger charge is -2.18. The number of amides is 1. The van der Waals surface area contributed by atoms with Gasteiger partial charge in [-0.2, -0.15) is 0 Å². The predicted molar refractivity (Wildman–Crippen MR) is 80.7 cm³/mol. The van der Waals surface area contributed by atoms with Gasteiger partial charge in [-0.25, -0.2) is 0 Å². The standard InChI is InChI=1S/C16H14ClNO3/c1-18(9-11-2-4-13(17)5-3-11)16(21)15-7-6-14(20)8-12(15)10-19/h2-8,10,20H,9H2,1H3. The molecule has 0 unspecified atom stereocenters. The van der Waals surface area contributed by atoms with E-state index in [4.69, 9.17) is 11.6 Å². The largest absolute Gasteiger partial charge is 0.508 e. The Morgan fingerprint density at radius 2 is 1.90 bits per heavy atom. The molecule has 0 spiro atoms. The summed E-state index contributed by atoms with van der Waals surface area (Å²) in [6, 6.07) is 11.3. The molecule has 2 aromatic rings. The van der Waals surface area contributed by atoms with Crippen molar-refractivity contribution < 1.29 is 14.7 Å². The van der Waals surface area contributed by atoms with E-state index in [1.807, 2.05) is 12.1 Å². The molecule has 21 heavy (non-hydrogen) atoms. The van der Waals surface area contributed by atoms with Crippen LogP contribution in [0, 0.1) is 0 Å². The van der Waals surface area contributed by atoms with E-state index in [9.17, 15) is 14.7 Å². The molecule has 0 bridgehead atoms. The zero-order valence-electron chi connectivity index (χ0n) is 11.4. The van der Waals surface area contributed by atoms with E-state index in [1.165, 1.54) is 23.1 Å². The monoisotopic (exact) mass is 303 g/mol. The first-order valence-electron chi connectivity index (χ1n) is 6.29.